The molecule has 186 valence electrons. The highest BCUT2D eigenvalue weighted by Gasteiger charge is 2.46. The van der Waals surface area contributed by atoms with Gasteiger partial charge in [0.05, 0.1) is 17.2 Å². The Bertz CT molecular complexity index is 1530. The number of aliphatic hydroxyl groups is 1. The van der Waals surface area contributed by atoms with Gasteiger partial charge in [-0.25, -0.2) is 4.39 Å². The number of rotatable bonds is 5. The first-order valence-electron chi connectivity index (χ1n) is 11.5. The normalized spacial score (nSPS) is 16.4. The summed E-state index contributed by atoms with van der Waals surface area (Å²) in [5.41, 5.74) is 3.52. The number of aromatic nitrogens is 1. The molecule has 1 unspecified atom stereocenters. The number of nitrogens with zero attached hydrogens (tertiary/aromatic N) is 1. The lowest BCUT2D eigenvalue weighted by Gasteiger charge is -2.25. The van der Waals surface area contributed by atoms with E-state index in [1.165, 1.54) is 23.1 Å². The fraction of sp³-hybridized carbons (Fsp3) is 0.138. The van der Waals surface area contributed by atoms with Crippen LogP contribution in [0.3, 0.4) is 0 Å². The molecule has 2 N–H and O–H groups in total. The van der Waals surface area contributed by atoms with E-state index >= 15 is 0 Å². The molecule has 0 spiro atoms. The number of aliphatic hydroxyl groups excluding tert-OH is 1. The van der Waals surface area contributed by atoms with Gasteiger partial charge >= 0.3 is 6.15 Å². The van der Waals surface area contributed by atoms with Crippen molar-refractivity contribution in [2.45, 2.75) is 19.4 Å². The maximum absolute atomic E-state index is 14.5. The topological polar surface area (TPSA) is 108 Å². The number of Topliss-reactive ketones (excluding diaryl/α,β-unsaturated/α-hetero) is 1. The van der Waals surface area contributed by atoms with Crippen molar-refractivity contribution in [3.8, 4) is 0 Å². The van der Waals surface area contributed by atoms with Crippen LogP contribution in [0.4, 0.5) is 4.39 Å². The number of benzene rings is 3. The third-order valence-corrected chi connectivity index (χ3v) is 6.36. The van der Waals surface area contributed by atoms with E-state index in [-0.39, 0.29) is 23.8 Å². The highest BCUT2D eigenvalue weighted by molar-refractivity contribution is 6.46. The zero-order valence-corrected chi connectivity index (χ0v) is 19.9. The Kier molecular flexibility index (Phi) is 7.41. The van der Waals surface area contributed by atoms with Gasteiger partial charge in [0.15, 0.2) is 0 Å². The lowest BCUT2D eigenvalue weighted by atomic mass is 9.94. The van der Waals surface area contributed by atoms with Gasteiger partial charge in [-0.15, -0.1) is 0 Å². The Morgan fingerprint density at radius 2 is 1.65 bits per heavy atom. The summed E-state index contributed by atoms with van der Waals surface area (Å²) in [4.78, 5) is 47.2. The minimum absolute atomic E-state index is 0.0992. The third kappa shape index (κ3) is 4.96. The first kappa shape index (κ1) is 25.3. The van der Waals surface area contributed by atoms with Gasteiger partial charge in [0.2, 0.25) is 0 Å². The summed E-state index contributed by atoms with van der Waals surface area (Å²) in [5, 5.41) is 12.1. The fourth-order valence-electron chi connectivity index (χ4n) is 4.58. The number of amides is 1. The number of aromatic amines is 1. The summed E-state index contributed by atoms with van der Waals surface area (Å²) >= 11 is 0. The molecular weight excluding hydrogens is 475 g/mol. The predicted molar refractivity (Wildman–Crippen MR) is 134 cm³/mol. The van der Waals surface area contributed by atoms with E-state index < -0.39 is 29.3 Å². The number of aryl methyl sites for hydroxylation is 1. The molecule has 1 amide bonds. The summed E-state index contributed by atoms with van der Waals surface area (Å²) in [6.45, 7) is 2.20. The molecule has 1 fully saturated rings. The molecule has 0 bridgehead atoms. The minimum atomic E-state index is -0.815. The molecule has 2 heterocycles. The van der Waals surface area contributed by atoms with E-state index in [2.05, 4.69) is 4.98 Å². The molecule has 5 rings (SSSR count). The van der Waals surface area contributed by atoms with E-state index in [1.54, 1.807) is 6.07 Å². The average Bonchev–Trinajstić information content (AvgIpc) is 3.42. The Labute approximate surface area is 211 Å². The smallest absolute Gasteiger partial charge is 0.373 e. The molecule has 7 nitrogen and oxygen atoms in total. The number of likely N-dealkylation sites (tertiary alicyclic amines) is 1. The van der Waals surface area contributed by atoms with Crippen molar-refractivity contribution in [1.82, 2.24) is 9.88 Å². The SMILES string of the molecule is Cc1ccc(C2C(=C(O)c3ccccc3F)C(=O)C(=O)N2CCc2c[nH]c3ccccc23)cc1.O=C=O. The van der Waals surface area contributed by atoms with E-state index in [4.69, 9.17) is 9.59 Å². The van der Waals surface area contributed by atoms with Crippen LogP contribution >= 0.6 is 0 Å². The van der Waals surface area contributed by atoms with Crippen molar-refractivity contribution in [3.63, 3.8) is 0 Å². The van der Waals surface area contributed by atoms with Gasteiger partial charge in [0.25, 0.3) is 11.7 Å². The van der Waals surface area contributed by atoms with Crippen molar-refractivity contribution in [2.75, 3.05) is 6.54 Å². The van der Waals surface area contributed by atoms with Gasteiger partial charge in [-0.2, -0.15) is 9.59 Å². The summed E-state index contributed by atoms with van der Waals surface area (Å²) in [6.07, 6.45) is 2.67. The number of hydrogen-bond acceptors (Lipinski definition) is 5. The van der Waals surface area contributed by atoms with E-state index in [9.17, 15) is 19.1 Å². The summed E-state index contributed by atoms with van der Waals surface area (Å²) < 4.78 is 14.5. The third-order valence-electron chi connectivity index (χ3n) is 6.36. The molecule has 4 aromatic rings. The van der Waals surface area contributed by atoms with Gasteiger partial charge < -0.3 is 15.0 Å². The number of hydrogen-bond donors (Lipinski definition) is 2. The predicted octanol–water partition coefficient (Wildman–Crippen LogP) is 4.70. The lowest BCUT2D eigenvalue weighted by molar-refractivity contribution is -0.191. The van der Waals surface area contributed by atoms with Gasteiger partial charge in [0, 0.05) is 23.6 Å². The van der Waals surface area contributed by atoms with Crippen LogP contribution in [0.1, 0.15) is 28.3 Å². The maximum Gasteiger partial charge on any atom is 0.373 e. The molecule has 1 aromatic heterocycles. The molecule has 1 aliphatic rings. The maximum atomic E-state index is 14.5. The summed E-state index contributed by atoms with van der Waals surface area (Å²) in [7, 11) is 0. The standard InChI is InChI=1S/C28H23FN2O3.CO2/c1-17-10-12-18(13-11-17)25-24(26(32)21-7-2-4-8-22(21)29)27(33)28(34)31(25)15-14-19-16-30-23-9-5-3-6-20(19)23;2-1-3/h2-13,16,25,30,32H,14-15H2,1H3;. The van der Waals surface area contributed by atoms with Crippen molar-refractivity contribution >= 4 is 34.5 Å². The largest absolute Gasteiger partial charge is 0.507 e. The van der Waals surface area contributed by atoms with Crippen LogP contribution in [0.5, 0.6) is 0 Å². The highest BCUT2D eigenvalue weighted by Crippen LogP contribution is 2.40. The van der Waals surface area contributed by atoms with Crippen molar-refractivity contribution in [3.05, 3.63) is 113 Å². The second-order valence-electron chi connectivity index (χ2n) is 8.58. The Balaban J connectivity index is 0.00000102. The molecule has 8 heteroatoms. The van der Waals surface area contributed by atoms with Crippen LogP contribution in [0.25, 0.3) is 16.7 Å². The number of fused-ring (bicyclic) bond motifs is 1. The van der Waals surface area contributed by atoms with Gasteiger partial charge in [0.1, 0.15) is 11.6 Å². The van der Waals surface area contributed by atoms with E-state index in [0.717, 1.165) is 22.0 Å². The fourth-order valence-corrected chi connectivity index (χ4v) is 4.58. The van der Waals surface area contributed by atoms with Crippen LogP contribution < -0.4 is 0 Å². The number of ketones is 1. The van der Waals surface area contributed by atoms with Crippen LogP contribution in [0.2, 0.25) is 0 Å². The molecule has 0 saturated carbocycles. The van der Waals surface area contributed by atoms with Crippen LogP contribution in [0.15, 0.2) is 84.6 Å². The quantitative estimate of drug-likeness (QED) is 0.236. The number of carbonyl (C=O) groups is 2. The monoisotopic (exact) mass is 498 g/mol. The molecule has 0 radical (unpaired) electrons. The first-order chi connectivity index (χ1) is 17.9. The minimum Gasteiger partial charge on any atom is -0.507 e. The highest BCUT2D eigenvalue weighted by atomic mass is 19.1. The number of nitrogens with one attached hydrogen (secondary N) is 1. The van der Waals surface area contributed by atoms with E-state index in [0.29, 0.717) is 12.0 Å². The molecule has 1 aliphatic heterocycles. The molecule has 37 heavy (non-hydrogen) atoms. The Morgan fingerprint density at radius 3 is 2.35 bits per heavy atom. The van der Waals surface area contributed by atoms with Gasteiger partial charge in [-0.05, 0) is 42.7 Å². The molecule has 0 aliphatic carbocycles. The van der Waals surface area contributed by atoms with Gasteiger partial charge in [-0.3, -0.25) is 9.59 Å². The van der Waals surface area contributed by atoms with Crippen LogP contribution in [-0.2, 0) is 25.6 Å². The molecule has 1 atom stereocenters. The van der Waals surface area contributed by atoms with E-state index in [1.807, 2.05) is 61.7 Å². The zero-order chi connectivity index (χ0) is 26.5. The molecule has 1 saturated heterocycles. The summed E-state index contributed by atoms with van der Waals surface area (Å²) in [6, 6.07) is 20.2. The van der Waals surface area contributed by atoms with Crippen molar-refractivity contribution < 1.29 is 28.7 Å². The number of para-hydroxylation sites is 1. The lowest BCUT2D eigenvalue weighted by Crippen LogP contribution is -2.31. The Hall–Kier alpha value is -4.81. The number of H-pyrrole nitrogens is 1. The molecular formula is C29H23FN2O5. The van der Waals surface area contributed by atoms with Gasteiger partial charge in [-0.1, -0.05) is 60.2 Å². The number of halogens is 1. The second kappa shape index (κ2) is 10.8. The average molecular weight is 499 g/mol. The van der Waals surface area contributed by atoms with Crippen LogP contribution in [-0.4, -0.2) is 39.4 Å². The first-order valence-corrected chi connectivity index (χ1v) is 11.5. The zero-order valence-electron chi connectivity index (χ0n) is 19.9. The second-order valence-corrected chi connectivity index (χ2v) is 8.58. The van der Waals surface area contributed by atoms with Crippen molar-refractivity contribution in [2.24, 2.45) is 0 Å². The number of carbonyl (C=O) groups excluding carboxylic acids is 4. The molecule has 3 aromatic carbocycles. The summed E-state index contributed by atoms with van der Waals surface area (Å²) in [5.74, 6) is -2.68. The Morgan fingerprint density at radius 1 is 1.00 bits per heavy atom. The van der Waals surface area contributed by atoms with Crippen LogP contribution in [0, 0.1) is 12.7 Å². The van der Waals surface area contributed by atoms with Crippen molar-refractivity contribution in [1.29, 1.82) is 0 Å².